The summed E-state index contributed by atoms with van der Waals surface area (Å²) >= 11 is 6.05. The van der Waals surface area contributed by atoms with E-state index in [1.807, 2.05) is 24.3 Å². The monoisotopic (exact) mass is 374 g/mol. The van der Waals surface area contributed by atoms with E-state index in [-0.39, 0.29) is 0 Å². The Labute approximate surface area is 152 Å². The van der Waals surface area contributed by atoms with Crippen molar-refractivity contribution < 1.29 is 8.42 Å². The summed E-state index contributed by atoms with van der Waals surface area (Å²) in [5.41, 5.74) is 2.23. The summed E-state index contributed by atoms with van der Waals surface area (Å²) < 4.78 is 27.0. The van der Waals surface area contributed by atoms with E-state index in [2.05, 4.69) is 11.1 Å². The molecule has 0 atom stereocenters. The standard InChI is InChI=1S/C19H19ClN2O2S/c20-16-6-7-18-15(12-16)13-19(21-18)14-8-10-22(11-9-14)25(23,24)17-4-2-1-3-5-17/h1-7,12-14,21H,8-11H2. The third-order valence-corrected chi connectivity index (χ3v) is 7.03. The molecule has 2 heterocycles. The molecule has 0 aliphatic carbocycles. The summed E-state index contributed by atoms with van der Waals surface area (Å²) in [4.78, 5) is 3.82. The fourth-order valence-electron chi connectivity index (χ4n) is 3.49. The second kappa shape index (κ2) is 6.48. The van der Waals surface area contributed by atoms with Gasteiger partial charge in [-0.25, -0.2) is 8.42 Å². The van der Waals surface area contributed by atoms with Crippen LogP contribution in [-0.4, -0.2) is 30.8 Å². The van der Waals surface area contributed by atoms with Gasteiger partial charge in [0.05, 0.1) is 4.90 Å². The predicted octanol–water partition coefficient (Wildman–Crippen LogP) is 4.39. The molecule has 1 fully saturated rings. The number of rotatable bonds is 3. The lowest BCUT2D eigenvalue weighted by molar-refractivity contribution is 0.317. The van der Waals surface area contributed by atoms with Gasteiger partial charge in [0.2, 0.25) is 10.0 Å². The van der Waals surface area contributed by atoms with Crippen LogP contribution < -0.4 is 0 Å². The van der Waals surface area contributed by atoms with Crippen molar-refractivity contribution >= 4 is 32.5 Å². The van der Waals surface area contributed by atoms with Crippen molar-refractivity contribution in [1.29, 1.82) is 0 Å². The van der Waals surface area contributed by atoms with Crippen molar-refractivity contribution in [3.63, 3.8) is 0 Å². The quantitative estimate of drug-likeness (QED) is 0.739. The maximum atomic E-state index is 12.7. The molecular weight excluding hydrogens is 356 g/mol. The van der Waals surface area contributed by atoms with Gasteiger partial charge in [-0.1, -0.05) is 29.8 Å². The summed E-state index contributed by atoms with van der Waals surface area (Å²) in [6.45, 7) is 1.08. The molecule has 0 saturated carbocycles. The Bertz CT molecular complexity index is 991. The number of H-pyrrole nitrogens is 1. The average molecular weight is 375 g/mol. The van der Waals surface area contributed by atoms with Gasteiger partial charge in [-0.2, -0.15) is 4.31 Å². The predicted molar refractivity (Wildman–Crippen MR) is 100 cm³/mol. The maximum absolute atomic E-state index is 12.7. The second-order valence-corrected chi connectivity index (χ2v) is 8.82. The molecule has 1 aliphatic rings. The number of sulfonamides is 1. The fraction of sp³-hybridized carbons (Fsp3) is 0.263. The SMILES string of the molecule is O=S(=O)(c1ccccc1)N1CCC(c2cc3cc(Cl)ccc3[nH]2)CC1. The van der Waals surface area contributed by atoms with Gasteiger partial charge in [0.15, 0.2) is 0 Å². The number of aromatic amines is 1. The Morgan fingerprint density at radius 2 is 1.72 bits per heavy atom. The van der Waals surface area contributed by atoms with E-state index < -0.39 is 10.0 Å². The topological polar surface area (TPSA) is 53.2 Å². The van der Waals surface area contributed by atoms with E-state index in [4.69, 9.17) is 11.6 Å². The van der Waals surface area contributed by atoms with Gasteiger partial charge in [0.25, 0.3) is 0 Å². The number of benzene rings is 2. The Morgan fingerprint density at radius 3 is 2.44 bits per heavy atom. The van der Waals surface area contributed by atoms with Gasteiger partial charge < -0.3 is 4.98 Å². The minimum atomic E-state index is -3.39. The number of hydrogen-bond donors (Lipinski definition) is 1. The van der Waals surface area contributed by atoms with Crippen LogP contribution in [0.3, 0.4) is 0 Å². The molecular formula is C19H19ClN2O2S. The van der Waals surface area contributed by atoms with Crippen LogP contribution in [0, 0.1) is 0 Å². The third-order valence-electron chi connectivity index (χ3n) is 4.88. The van der Waals surface area contributed by atoms with Gasteiger partial charge in [0, 0.05) is 40.6 Å². The van der Waals surface area contributed by atoms with Gasteiger partial charge in [0.1, 0.15) is 0 Å². The molecule has 130 valence electrons. The first-order valence-electron chi connectivity index (χ1n) is 8.37. The zero-order chi connectivity index (χ0) is 17.4. The Morgan fingerprint density at radius 1 is 1.00 bits per heavy atom. The number of aromatic nitrogens is 1. The lowest BCUT2D eigenvalue weighted by atomic mass is 9.95. The van der Waals surface area contributed by atoms with Crippen molar-refractivity contribution in [3.8, 4) is 0 Å². The zero-order valence-electron chi connectivity index (χ0n) is 13.7. The lowest BCUT2D eigenvalue weighted by Gasteiger charge is -2.30. The van der Waals surface area contributed by atoms with Crippen molar-refractivity contribution in [1.82, 2.24) is 9.29 Å². The van der Waals surface area contributed by atoms with Crippen molar-refractivity contribution in [2.24, 2.45) is 0 Å². The maximum Gasteiger partial charge on any atom is 0.243 e. The average Bonchev–Trinajstić information content (AvgIpc) is 3.06. The van der Waals surface area contributed by atoms with Crippen LogP contribution in [0.2, 0.25) is 5.02 Å². The normalized spacial score (nSPS) is 17.2. The number of fused-ring (bicyclic) bond motifs is 1. The molecule has 0 spiro atoms. The summed E-state index contributed by atoms with van der Waals surface area (Å²) in [5.74, 6) is 0.341. The molecule has 0 unspecified atom stereocenters. The molecule has 1 aromatic heterocycles. The van der Waals surface area contributed by atoms with E-state index in [0.717, 1.165) is 34.5 Å². The van der Waals surface area contributed by atoms with Gasteiger partial charge in [-0.15, -0.1) is 0 Å². The van der Waals surface area contributed by atoms with Crippen LogP contribution in [-0.2, 0) is 10.0 Å². The van der Waals surface area contributed by atoms with E-state index in [9.17, 15) is 8.42 Å². The second-order valence-electron chi connectivity index (χ2n) is 6.45. The van der Waals surface area contributed by atoms with Gasteiger partial charge in [-0.3, -0.25) is 0 Å². The first-order chi connectivity index (χ1) is 12.0. The highest BCUT2D eigenvalue weighted by Crippen LogP contribution is 2.32. The number of nitrogens with one attached hydrogen (secondary N) is 1. The molecule has 1 N–H and O–H groups in total. The lowest BCUT2D eigenvalue weighted by Crippen LogP contribution is -2.37. The molecule has 1 aliphatic heterocycles. The molecule has 1 saturated heterocycles. The van der Waals surface area contributed by atoms with Crippen molar-refractivity contribution in [2.45, 2.75) is 23.7 Å². The largest absolute Gasteiger partial charge is 0.358 e. The minimum absolute atomic E-state index is 0.341. The number of hydrogen-bond acceptors (Lipinski definition) is 2. The van der Waals surface area contributed by atoms with Gasteiger partial charge in [-0.05, 0) is 49.2 Å². The highest BCUT2D eigenvalue weighted by molar-refractivity contribution is 7.89. The summed E-state index contributed by atoms with van der Waals surface area (Å²) in [5, 5.41) is 1.82. The molecule has 0 bridgehead atoms. The Hall–Kier alpha value is -1.82. The van der Waals surface area contributed by atoms with E-state index >= 15 is 0 Å². The molecule has 6 heteroatoms. The molecule has 4 rings (SSSR count). The fourth-order valence-corrected chi connectivity index (χ4v) is 5.17. The summed E-state index contributed by atoms with van der Waals surface area (Å²) in [6.07, 6.45) is 1.62. The van der Waals surface area contributed by atoms with Crippen LogP contribution >= 0.6 is 11.6 Å². The number of nitrogens with zero attached hydrogens (tertiary/aromatic N) is 1. The van der Waals surface area contributed by atoms with Gasteiger partial charge >= 0.3 is 0 Å². The van der Waals surface area contributed by atoms with Crippen molar-refractivity contribution in [2.75, 3.05) is 13.1 Å². The molecule has 0 amide bonds. The minimum Gasteiger partial charge on any atom is -0.358 e. The van der Waals surface area contributed by atoms with Crippen molar-refractivity contribution in [3.05, 3.63) is 65.3 Å². The van der Waals surface area contributed by atoms with Crippen LogP contribution in [0.15, 0.2) is 59.5 Å². The number of piperidine rings is 1. The third kappa shape index (κ3) is 3.19. The number of halogens is 1. The first-order valence-corrected chi connectivity index (χ1v) is 10.2. The van der Waals surface area contributed by atoms with Crippen LogP contribution in [0.25, 0.3) is 10.9 Å². The van der Waals surface area contributed by atoms with E-state index in [1.54, 1.807) is 28.6 Å². The van der Waals surface area contributed by atoms with Crippen LogP contribution in [0.4, 0.5) is 0 Å². The summed E-state index contributed by atoms with van der Waals surface area (Å²) in [7, 11) is -3.39. The molecule has 2 aromatic carbocycles. The van der Waals surface area contributed by atoms with Crippen LogP contribution in [0.5, 0.6) is 0 Å². The summed E-state index contributed by atoms with van der Waals surface area (Å²) in [6, 6.07) is 16.6. The smallest absolute Gasteiger partial charge is 0.243 e. The van der Waals surface area contributed by atoms with Crippen LogP contribution in [0.1, 0.15) is 24.5 Å². The molecule has 3 aromatic rings. The van der Waals surface area contributed by atoms with E-state index in [1.165, 1.54) is 0 Å². The molecule has 25 heavy (non-hydrogen) atoms. The highest BCUT2D eigenvalue weighted by Gasteiger charge is 2.30. The van der Waals surface area contributed by atoms with E-state index in [0.29, 0.717) is 23.9 Å². The zero-order valence-corrected chi connectivity index (χ0v) is 15.2. The Balaban J connectivity index is 1.51. The Kier molecular flexibility index (Phi) is 4.31. The first kappa shape index (κ1) is 16.6. The molecule has 0 radical (unpaired) electrons. The molecule has 4 nitrogen and oxygen atoms in total. The highest BCUT2D eigenvalue weighted by atomic mass is 35.5.